The van der Waals surface area contributed by atoms with Crippen LogP contribution in [-0.2, 0) is 16.0 Å². The first kappa shape index (κ1) is 20.4. The molecule has 0 spiro atoms. The van der Waals surface area contributed by atoms with Crippen LogP contribution in [-0.4, -0.2) is 66.2 Å². The minimum atomic E-state index is -5.08. The molecule has 1 heterocycles. The van der Waals surface area contributed by atoms with Crippen LogP contribution in [0.5, 0.6) is 0 Å². The van der Waals surface area contributed by atoms with Crippen LogP contribution >= 0.6 is 0 Å². The standard InChI is InChI=1S/C14H21NO2.C2HF3O2/c1-17-10-9-15-8-7-14(16)13(15)11-12-5-3-2-4-6-12;3-2(4,5)1(6)7/h2-6,13-14,16H,7-11H2,1H3;(H,6,7)/t13-,14+;/m0./s1. The number of methoxy groups -OCH3 is 1. The number of rotatable bonds is 5. The van der Waals surface area contributed by atoms with E-state index in [0.717, 1.165) is 32.5 Å². The van der Waals surface area contributed by atoms with Crippen LogP contribution in [0.1, 0.15) is 12.0 Å². The average molecular weight is 349 g/mol. The fourth-order valence-corrected chi connectivity index (χ4v) is 2.51. The number of halogens is 3. The molecule has 5 nitrogen and oxygen atoms in total. The zero-order chi connectivity index (χ0) is 18.2. The van der Waals surface area contributed by atoms with Crippen molar-refractivity contribution in [3.05, 3.63) is 35.9 Å². The van der Waals surface area contributed by atoms with Gasteiger partial charge in [0.1, 0.15) is 0 Å². The Balaban J connectivity index is 0.000000351. The normalized spacial score (nSPS) is 21.2. The Bertz CT molecular complexity index is 496. The van der Waals surface area contributed by atoms with Gasteiger partial charge in [0.05, 0.1) is 12.7 Å². The van der Waals surface area contributed by atoms with Gasteiger partial charge >= 0.3 is 12.1 Å². The first-order chi connectivity index (χ1) is 11.3. The van der Waals surface area contributed by atoms with Gasteiger partial charge in [-0.05, 0) is 18.4 Å². The molecular weight excluding hydrogens is 327 g/mol. The number of carbonyl (C=O) groups is 1. The second-order valence-electron chi connectivity index (χ2n) is 5.44. The monoisotopic (exact) mass is 349 g/mol. The second-order valence-corrected chi connectivity index (χ2v) is 5.44. The fourth-order valence-electron chi connectivity index (χ4n) is 2.51. The zero-order valence-corrected chi connectivity index (χ0v) is 13.4. The number of aliphatic carboxylic acids is 1. The van der Waals surface area contributed by atoms with Crippen molar-refractivity contribution in [1.82, 2.24) is 4.90 Å². The van der Waals surface area contributed by atoms with Crippen molar-refractivity contribution in [1.29, 1.82) is 0 Å². The summed E-state index contributed by atoms with van der Waals surface area (Å²) in [4.78, 5) is 11.2. The lowest BCUT2D eigenvalue weighted by atomic mass is 10.0. The number of benzene rings is 1. The van der Waals surface area contributed by atoms with E-state index >= 15 is 0 Å². The summed E-state index contributed by atoms with van der Waals surface area (Å²) in [5, 5.41) is 17.2. The SMILES string of the molecule is COCCN1CC[C@@H](O)[C@@H]1Cc1ccccc1.O=C(O)C(F)(F)F. The van der Waals surface area contributed by atoms with E-state index in [-0.39, 0.29) is 12.1 Å². The van der Waals surface area contributed by atoms with E-state index in [1.807, 2.05) is 6.07 Å². The van der Waals surface area contributed by atoms with Crippen LogP contribution in [0.25, 0.3) is 0 Å². The van der Waals surface area contributed by atoms with Gasteiger partial charge in [-0.1, -0.05) is 30.3 Å². The topological polar surface area (TPSA) is 70.0 Å². The van der Waals surface area contributed by atoms with E-state index in [2.05, 4.69) is 29.2 Å². The second kappa shape index (κ2) is 9.61. The number of hydrogen-bond acceptors (Lipinski definition) is 4. The summed E-state index contributed by atoms with van der Waals surface area (Å²) in [6.45, 7) is 2.62. The maximum absolute atomic E-state index is 10.6. The molecule has 1 saturated heterocycles. The van der Waals surface area contributed by atoms with E-state index in [0.29, 0.717) is 0 Å². The molecule has 2 atom stereocenters. The molecule has 0 amide bonds. The van der Waals surface area contributed by atoms with Crippen molar-refractivity contribution in [3.8, 4) is 0 Å². The van der Waals surface area contributed by atoms with Gasteiger partial charge < -0.3 is 14.9 Å². The minimum Gasteiger partial charge on any atom is -0.475 e. The van der Waals surface area contributed by atoms with Crippen molar-refractivity contribution in [2.75, 3.05) is 26.8 Å². The summed E-state index contributed by atoms with van der Waals surface area (Å²) < 4.78 is 36.9. The van der Waals surface area contributed by atoms with E-state index < -0.39 is 12.1 Å². The van der Waals surface area contributed by atoms with E-state index in [1.165, 1.54) is 5.56 Å². The summed E-state index contributed by atoms with van der Waals surface area (Å²) >= 11 is 0. The number of nitrogens with zero attached hydrogens (tertiary/aromatic N) is 1. The van der Waals surface area contributed by atoms with Crippen molar-refractivity contribution < 1.29 is 32.9 Å². The third-order valence-corrected chi connectivity index (χ3v) is 3.74. The number of aliphatic hydroxyl groups excluding tert-OH is 1. The summed E-state index contributed by atoms with van der Waals surface area (Å²) in [5.74, 6) is -2.76. The zero-order valence-electron chi connectivity index (χ0n) is 13.4. The van der Waals surface area contributed by atoms with Gasteiger partial charge in [-0.3, -0.25) is 4.90 Å². The molecule has 0 aromatic heterocycles. The molecular formula is C16H22F3NO4. The lowest BCUT2D eigenvalue weighted by Gasteiger charge is -2.26. The molecule has 0 aliphatic carbocycles. The van der Waals surface area contributed by atoms with Crippen molar-refractivity contribution >= 4 is 5.97 Å². The Morgan fingerprint density at radius 3 is 2.42 bits per heavy atom. The molecule has 0 bridgehead atoms. The van der Waals surface area contributed by atoms with Gasteiger partial charge in [0.15, 0.2) is 0 Å². The maximum Gasteiger partial charge on any atom is 0.490 e. The summed E-state index contributed by atoms with van der Waals surface area (Å²) in [6.07, 6.45) is -3.49. The van der Waals surface area contributed by atoms with Gasteiger partial charge in [0, 0.05) is 26.2 Å². The predicted octanol–water partition coefficient (Wildman–Crippen LogP) is 1.94. The Morgan fingerprint density at radius 1 is 1.33 bits per heavy atom. The Morgan fingerprint density at radius 2 is 1.92 bits per heavy atom. The fraction of sp³-hybridized carbons (Fsp3) is 0.562. The molecule has 1 fully saturated rings. The molecule has 2 N–H and O–H groups in total. The number of likely N-dealkylation sites (tertiary alicyclic amines) is 1. The van der Waals surface area contributed by atoms with E-state index in [9.17, 15) is 18.3 Å². The van der Waals surface area contributed by atoms with Crippen LogP contribution in [0, 0.1) is 0 Å². The van der Waals surface area contributed by atoms with Crippen molar-refractivity contribution in [2.24, 2.45) is 0 Å². The molecule has 0 saturated carbocycles. The van der Waals surface area contributed by atoms with Crippen LogP contribution in [0.3, 0.4) is 0 Å². The molecule has 24 heavy (non-hydrogen) atoms. The summed E-state index contributed by atoms with van der Waals surface area (Å²) in [7, 11) is 1.72. The first-order valence-corrected chi connectivity index (χ1v) is 7.50. The lowest BCUT2D eigenvalue weighted by Crippen LogP contribution is -2.38. The van der Waals surface area contributed by atoms with Crippen LogP contribution < -0.4 is 0 Å². The number of hydrogen-bond donors (Lipinski definition) is 2. The number of alkyl halides is 3. The summed E-state index contributed by atoms with van der Waals surface area (Å²) in [6, 6.07) is 10.6. The van der Waals surface area contributed by atoms with Gasteiger partial charge in [0.2, 0.25) is 0 Å². The molecule has 136 valence electrons. The highest BCUT2D eigenvalue weighted by molar-refractivity contribution is 5.73. The highest BCUT2D eigenvalue weighted by Gasteiger charge is 2.38. The maximum atomic E-state index is 10.6. The molecule has 0 radical (unpaired) electrons. The van der Waals surface area contributed by atoms with Crippen LogP contribution in [0.2, 0.25) is 0 Å². The predicted molar refractivity (Wildman–Crippen MR) is 81.7 cm³/mol. The third kappa shape index (κ3) is 6.86. The number of carboxylic acids is 1. The Kier molecular flexibility index (Phi) is 8.17. The Labute approximate surface area is 138 Å². The molecule has 1 aliphatic heterocycles. The molecule has 8 heteroatoms. The van der Waals surface area contributed by atoms with E-state index in [4.69, 9.17) is 14.6 Å². The Hall–Kier alpha value is -1.64. The van der Waals surface area contributed by atoms with Gasteiger partial charge in [-0.2, -0.15) is 13.2 Å². The third-order valence-electron chi connectivity index (χ3n) is 3.74. The number of ether oxygens (including phenoxy) is 1. The minimum absolute atomic E-state index is 0.202. The van der Waals surface area contributed by atoms with Crippen molar-refractivity contribution in [3.63, 3.8) is 0 Å². The van der Waals surface area contributed by atoms with Crippen LogP contribution in [0.4, 0.5) is 13.2 Å². The molecule has 1 aromatic carbocycles. The number of carboxylic acid groups (broad SMARTS) is 1. The smallest absolute Gasteiger partial charge is 0.475 e. The van der Waals surface area contributed by atoms with E-state index in [1.54, 1.807) is 7.11 Å². The first-order valence-electron chi connectivity index (χ1n) is 7.50. The quantitative estimate of drug-likeness (QED) is 0.850. The highest BCUT2D eigenvalue weighted by Crippen LogP contribution is 2.21. The molecule has 2 rings (SSSR count). The lowest BCUT2D eigenvalue weighted by molar-refractivity contribution is -0.192. The largest absolute Gasteiger partial charge is 0.490 e. The van der Waals surface area contributed by atoms with Gasteiger partial charge in [-0.15, -0.1) is 0 Å². The van der Waals surface area contributed by atoms with Gasteiger partial charge in [-0.25, -0.2) is 4.79 Å². The average Bonchev–Trinajstić information content (AvgIpc) is 2.86. The number of aliphatic hydroxyl groups is 1. The van der Waals surface area contributed by atoms with Crippen LogP contribution in [0.15, 0.2) is 30.3 Å². The van der Waals surface area contributed by atoms with Gasteiger partial charge in [0.25, 0.3) is 0 Å². The molecule has 0 unspecified atom stereocenters. The highest BCUT2D eigenvalue weighted by atomic mass is 19.4. The summed E-state index contributed by atoms with van der Waals surface area (Å²) in [5.41, 5.74) is 1.29. The molecule has 1 aliphatic rings. The molecule has 1 aromatic rings. The van der Waals surface area contributed by atoms with Crippen molar-refractivity contribution in [2.45, 2.75) is 31.2 Å².